The highest BCUT2D eigenvalue weighted by Crippen LogP contribution is 2.46. The quantitative estimate of drug-likeness (QED) is 0.220. The number of piperazine rings is 1. The lowest BCUT2D eigenvalue weighted by molar-refractivity contribution is -0.128. The largest absolute Gasteiger partial charge is 0.461 e. The second-order valence-electron chi connectivity index (χ2n) is 12.9. The summed E-state index contributed by atoms with van der Waals surface area (Å²) in [4.78, 5) is 27.2. The summed E-state index contributed by atoms with van der Waals surface area (Å²) in [5.74, 6) is -3.23. The third-order valence-electron chi connectivity index (χ3n) is 9.96. The first kappa shape index (κ1) is 30.9. The van der Waals surface area contributed by atoms with Crippen LogP contribution in [0.5, 0.6) is 6.01 Å². The Morgan fingerprint density at radius 3 is 2.72 bits per heavy atom. The van der Waals surface area contributed by atoms with E-state index in [9.17, 15) is 18.8 Å². The third kappa shape index (κ3) is 5.44. The van der Waals surface area contributed by atoms with Crippen LogP contribution in [-0.2, 0) is 4.79 Å². The molecule has 4 heterocycles. The number of anilines is 1. The number of ether oxygens (including phenoxy) is 1. The van der Waals surface area contributed by atoms with Gasteiger partial charge in [0.15, 0.2) is 5.82 Å². The summed E-state index contributed by atoms with van der Waals surface area (Å²) in [6.07, 6.45) is 2.37. The van der Waals surface area contributed by atoms with Crippen LogP contribution < -0.4 is 9.64 Å². The number of alkyl halides is 2. The lowest BCUT2D eigenvalue weighted by Crippen LogP contribution is -2.55. The number of amides is 1. The number of nitriles is 1. The lowest BCUT2D eigenvalue weighted by Gasteiger charge is -2.41. The van der Waals surface area contributed by atoms with E-state index < -0.39 is 23.3 Å². The van der Waals surface area contributed by atoms with Crippen LogP contribution in [0.25, 0.3) is 32.8 Å². The Morgan fingerprint density at radius 2 is 1.94 bits per heavy atom. The summed E-state index contributed by atoms with van der Waals surface area (Å²) < 4.78 is 52.0. The standard InChI is InChI=1S/C36H35F3N6O2/c1-3-29(46)45-18-17-43(19-25(45)13-15-40)33-28-12-11-27(26-10-5-9-24-8-4-7-23(2)30(24)26)31(37)32(28)41-34(42-33)47-22-35-14-6-16-44(35)21-36(38,39)20-35/h3-5,7-12,25H,1,6,13-14,16-22H2,2H3/t25-,35-/m0/s1. The van der Waals surface area contributed by atoms with Crippen molar-refractivity contribution in [1.82, 2.24) is 19.8 Å². The van der Waals surface area contributed by atoms with Crippen molar-refractivity contribution in [3.05, 3.63) is 72.6 Å². The number of rotatable bonds is 7. The molecule has 3 fully saturated rings. The molecule has 4 aromatic rings. The van der Waals surface area contributed by atoms with Gasteiger partial charge in [0.05, 0.1) is 30.6 Å². The molecule has 1 aromatic heterocycles. The van der Waals surface area contributed by atoms with E-state index in [2.05, 4.69) is 17.6 Å². The van der Waals surface area contributed by atoms with Crippen molar-refractivity contribution in [2.75, 3.05) is 44.2 Å². The first-order chi connectivity index (χ1) is 22.6. The molecule has 0 unspecified atom stereocenters. The Hall–Kier alpha value is -4.69. The van der Waals surface area contributed by atoms with Crippen molar-refractivity contribution in [2.45, 2.75) is 50.1 Å². The molecule has 0 N–H and O–H groups in total. The van der Waals surface area contributed by atoms with Crippen LogP contribution in [-0.4, -0.2) is 82.5 Å². The maximum Gasteiger partial charge on any atom is 0.319 e. The van der Waals surface area contributed by atoms with Crippen molar-refractivity contribution < 1.29 is 22.7 Å². The van der Waals surface area contributed by atoms with E-state index in [-0.39, 0.29) is 50.0 Å². The molecule has 1 amide bonds. The molecule has 2 atom stereocenters. The number of fused-ring (bicyclic) bond motifs is 3. The molecular weight excluding hydrogens is 605 g/mol. The highest BCUT2D eigenvalue weighted by molar-refractivity contribution is 6.02. The number of hydrogen-bond acceptors (Lipinski definition) is 7. The predicted molar refractivity (Wildman–Crippen MR) is 174 cm³/mol. The minimum absolute atomic E-state index is 0.0456. The molecule has 7 rings (SSSR count). The Kier molecular flexibility index (Phi) is 7.79. The molecule has 3 aliphatic rings. The average molecular weight is 641 g/mol. The molecule has 242 valence electrons. The molecule has 3 aliphatic heterocycles. The fraction of sp³-hybridized carbons (Fsp3) is 0.389. The van der Waals surface area contributed by atoms with E-state index >= 15 is 4.39 Å². The Morgan fingerprint density at radius 1 is 1.13 bits per heavy atom. The zero-order chi connectivity index (χ0) is 32.9. The zero-order valence-electron chi connectivity index (χ0n) is 26.2. The number of aryl methyl sites for hydroxylation is 1. The number of carbonyl (C=O) groups excluding carboxylic acids is 1. The molecule has 3 aromatic carbocycles. The fourth-order valence-corrected chi connectivity index (χ4v) is 7.80. The maximum absolute atomic E-state index is 16.8. The highest BCUT2D eigenvalue weighted by atomic mass is 19.3. The zero-order valence-corrected chi connectivity index (χ0v) is 26.2. The summed E-state index contributed by atoms with van der Waals surface area (Å²) in [5, 5.41) is 11.9. The van der Waals surface area contributed by atoms with Crippen LogP contribution in [0.4, 0.5) is 19.0 Å². The van der Waals surface area contributed by atoms with Gasteiger partial charge in [-0.05, 0) is 60.4 Å². The molecule has 0 radical (unpaired) electrons. The first-order valence-corrected chi connectivity index (χ1v) is 15.9. The smallest absolute Gasteiger partial charge is 0.319 e. The van der Waals surface area contributed by atoms with E-state index in [1.165, 1.54) is 6.08 Å². The van der Waals surface area contributed by atoms with Gasteiger partial charge in [-0.1, -0.05) is 49.0 Å². The Balaban J connectivity index is 1.33. The van der Waals surface area contributed by atoms with Crippen molar-refractivity contribution in [1.29, 1.82) is 5.26 Å². The Labute approximate surface area is 271 Å². The lowest BCUT2D eigenvalue weighted by atomic mass is 9.94. The fourth-order valence-electron chi connectivity index (χ4n) is 7.80. The minimum atomic E-state index is -2.81. The van der Waals surface area contributed by atoms with Crippen molar-refractivity contribution in [3.8, 4) is 23.2 Å². The summed E-state index contributed by atoms with van der Waals surface area (Å²) in [5.41, 5.74) is 1.31. The molecular formula is C36H35F3N6O2. The number of benzene rings is 3. The van der Waals surface area contributed by atoms with Crippen molar-refractivity contribution in [3.63, 3.8) is 0 Å². The van der Waals surface area contributed by atoms with Gasteiger partial charge in [-0.25, -0.2) is 13.2 Å². The number of aromatic nitrogens is 2. The molecule has 0 aliphatic carbocycles. The van der Waals surface area contributed by atoms with Gasteiger partial charge in [0.25, 0.3) is 5.92 Å². The second kappa shape index (κ2) is 11.8. The van der Waals surface area contributed by atoms with Gasteiger partial charge >= 0.3 is 6.01 Å². The molecule has 3 saturated heterocycles. The predicted octanol–water partition coefficient (Wildman–Crippen LogP) is 6.27. The number of halogens is 3. The monoisotopic (exact) mass is 640 g/mol. The van der Waals surface area contributed by atoms with Crippen LogP contribution in [0.15, 0.2) is 61.2 Å². The summed E-state index contributed by atoms with van der Waals surface area (Å²) >= 11 is 0. The average Bonchev–Trinajstić information content (AvgIpc) is 3.55. The second-order valence-corrected chi connectivity index (χ2v) is 12.9. The van der Waals surface area contributed by atoms with Crippen molar-refractivity contribution >= 4 is 33.4 Å². The van der Waals surface area contributed by atoms with Gasteiger partial charge in [0.2, 0.25) is 5.91 Å². The summed E-state index contributed by atoms with van der Waals surface area (Å²) in [6.45, 7) is 6.74. The molecule has 11 heteroatoms. The molecule has 8 nitrogen and oxygen atoms in total. The first-order valence-electron chi connectivity index (χ1n) is 15.9. The van der Waals surface area contributed by atoms with Crippen molar-refractivity contribution in [2.24, 2.45) is 0 Å². The number of carbonyl (C=O) groups is 1. The van der Waals surface area contributed by atoms with Gasteiger partial charge in [-0.2, -0.15) is 15.2 Å². The third-order valence-corrected chi connectivity index (χ3v) is 9.96. The van der Waals surface area contributed by atoms with Crippen LogP contribution in [0.1, 0.15) is 31.2 Å². The van der Waals surface area contributed by atoms with Gasteiger partial charge in [0, 0.05) is 37.0 Å². The topological polar surface area (TPSA) is 85.6 Å². The molecule has 0 bridgehead atoms. The highest BCUT2D eigenvalue weighted by Gasteiger charge is 2.57. The molecule has 47 heavy (non-hydrogen) atoms. The van der Waals surface area contributed by atoms with E-state index in [0.717, 1.165) is 28.3 Å². The van der Waals surface area contributed by atoms with E-state index in [1.807, 2.05) is 48.2 Å². The van der Waals surface area contributed by atoms with Gasteiger partial charge in [0.1, 0.15) is 17.9 Å². The molecule has 0 spiro atoms. The SMILES string of the molecule is C=CC(=O)N1CCN(c2nc(OC[C@@]34CCCN3CC(F)(F)C4)nc3c(F)c(-c4cccc5cccc(C)c45)ccc23)C[C@@H]1CC#N. The minimum Gasteiger partial charge on any atom is -0.461 e. The molecule has 0 saturated carbocycles. The van der Waals surface area contributed by atoms with E-state index in [0.29, 0.717) is 42.8 Å². The van der Waals surface area contributed by atoms with E-state index in [1.54, 1.807) is 21.9 Å². The van der Waals surface area contributed by atoms with E-state index in [4.69, 9.17) is 9.72 Å². The van der Waals surface area contributed by atoms with Crippen LogP contribution in [0.2, 0.25) is 0 Å². The van der Waals surface area contributed by atoms with Gasteiger partial charge in [-0.3, -0.25) is 9.69 Å². The number of nitrogens with zero attached hydrogens (tertiary/aromatic N) is 6. The van der Waals surface area contributed by atoms with Gasteiger partial charge in [-0.15, -0.1) is 0 Å². The van der Waals surface area contributed by atoms with Crippen LogP contribution in [0.3, 0.4) is 0 Å². The summed E-state index contributed by atoms with van der Waals surface area (Å²) in [6, 6.07) is 16.9. The van der Waals surface area contributed by atoms with Crippen LogP contribution in [0, 0.1) is 24.1 Å². The van der Waals surface area contributed by atoms with Gasteiger partial charge < -0.3 is 14.5 Å². The summed E-state index contributed by atoms with van der Waals surface area (Å²) in [7, 11) is 0. The number of hydrogen-bond donors (Lipinski definition) is 0. The Bertz CT molecular complexity index is 1940. The maximum atomic E-state index is 16.8. The van der Waals surface area contributed by atoms with Crippen LogP contribution >= 0.6 is 0 Å². The normalized spacial score (nSPS) is 22.4.